The van der Waals surface area contributed by atoms with Crippen molar-refractivity contribution < 1.29 is 4.74 Å². The zero-order valence-electron chi connectivity index (χ0n) is 17.1. The topological polar surface area (TPSA) is 90.6 Å². The van der Waals surface area contributed by atoms with Gasteiger partial charge in [-0.3, -0.25) is 4.79 Å². The van der Waals surface area contributed by atoms with Gasteiger partial charge < -0.3 is 14.3 Å². The summed E-state index contributed by atoms with van der Waals surface area (Å²) in [6.07, 6.45) is 8.12. The van der Waals surface area contributed by atoms with Crippen molar-refractivity contribution >= 4 is 11.0 Å². The second-order valence-electron chi connectivity index (χ2n) is 7.88. The molecule has 1 aliphatic heterocycles. The Kier molecular flexibility index (Phi) is 4.71. The molecule has 4 aromatic heterocycles. The van der Waals surface area contributed by atoms with Crippen molar-refractivity contribution in [3.05, 3.63) is 69.8 Å². The number of rotatable bonds is 4. The third-order valence-corrected chi connectivity index (χ3v) is 5.61. The number of hydrogen-bond donors (Lipinski definition) is 1. The molecule has 5 rings (SSSR count). The highest BCUT2D eigenvalue weighted by Crippen LogP contribution is 2.25. The molecule has 30 heavy (non-hydrogen) atoms. The quantitative estimate of drug-likeness (QED) is 0.565. The van der Waals surface area contributed by atoms with E-state index in [2.05, 4.69) is 22.0 Å². The first-order valence-electron chi connectivity index (χ1n) is 10.2. The fourth-order valence-corrected chi connectivity index (χ4v) is 4.04. The van der Waals surface area contributed by atoms with Crippen molar-refractivity contribution in [1.29, 1.82) is 0 Å². The highest BCUT2D eigenvalue weighted by Gasteiger charge is 2.22. The molecule has 0 unspecified atom stereocenters. The molecular formula is C22H24N6O2. The summed E-state index contributed by atoms with van der Waals surface area (Å²) in [6.45, 7) is 5.33. The van der Waals surface area contributed by atoms with Crippen LogP contribution in [-0.4, -0.2) is 42.5 Å². The molecule has 8 nitrogen and oxygen atoms in total. The fraction of sp³-hybridized carbons (Fsp3) is 0.364. The van der Waals surface area contributed by atoms with E-state index in [0.717, 1.165) is 24.2 Å². The molecule has 0 aromatic carbocycles. The van der Waals surface area contributed by atoms with Crippen LogP contribution >= 0.6 is 0 Å². The number of ether oxygens (including phenoxy) is 1. The molecule has 0 amide bonds. The van der Waals surface area contributed by atoms with Crippen molar-refractivity contribution in [2.75, 3.05) is 13.2 Å². The SMILES string of the molecule is Cc1ccn(-c2ccc(Cc3nc4c(c(C)nn4C4CCOCC4)c(=O)[nH]3)cn2)c1. The van der Waals surface area contributed by atoms with Gasteiger partial charge in [-0.2, -0.15) is 5.10 Å². The number of aromatic nitrogens is 6. The molecule has 0 bridgehead atoms. The van der Waals surface area contributed by atoms with Crippen molar-refractivity contribution in [2.24, 2.45) is 0 Å². The number of fused-ring (bicyclic) bond motifs is 1. The third kappa shape index (κ3) is 3.43. The first-order chi connectivity index (χ1) is 14.6. The molecule has 0 saturated carbocycles. The van der Waals surface area contributed by atoms with Crippen LogP contribution in [0.15, 0.2) is 41.6 Å². The van der Waals surface area contributed by atoms with Gasteiger partial charge in [-0.05, 0) is 49.9 Å². The maximum Gasteiger partial charge on any atom is 0.262 e. The number of aromatic amines is 1. The molecule has 154 valence electrons. The fourth-order valence-electron chi connectivity index (χ4n) is 4.04. The van der Waals surface area contributed by atoms with Crippen molar-refractivity contribution in [3.63, 3.8) is 0 Å². The number of nitrogens with one attached hydrogen (secondary N) is 1. The monoisotopic (exact) mass is 404 g/mol. The summed E-state index contributed by atoms with van der Waals surface area (Å²) in [7, 11) is 0. The van der Waals surface area contributed by atoms with Gasteiger partial charge in [-0.25, -0.2) is 14.6 Å². The molecule has 4 aromatic rings. The van der Waals surface area contributed by atoms with E-state index in [4.69, 9.17) is 9.72 Å². The highest BCUT2D eigenvalue weighted by atomic mass is 16.5. The predicted molar refractivity (Wildman–Crippen MR) is 113 cm³/mol. The van der Waals surface area contributed by atoms with E-state index in [9.17, 15) is 4.79 Å². The second kappa shape index (κ2) is 7.53. The van der Waals surface area contributed by atoms with Gasteiger partial charge in [0.2, 0.25) is 0 Å². The van der Waals surface area contributed by atoms with Gasteiger partial charge in [0.15, 0.2) is 5.65 Å². The smallest absolute Gasteiger partial charge is 0.262 e. The lowest BCUT2D eigenvalue weighted by Gasteiger charge is -2.22. The largest absolute Gasteiger partial charge is 0.381 e. The predicted octanol–water partition coefficient (Wildman–Crippen LogP) is 2.86. The average Bonchev–Trinajstić information content (AvgIpc) is 3.33. The Balaban J connectivity index is 1.46. The van der Waals surface area contributed by atoms with Gasteiger partial charge in [0.05, 0.1) is 11.7 Å². The molecule has 0 radical (unpaired) electrons. The Bertz CT molecular complexity index is 1250. The van der Waals surface area contributed by atoms with Crippen LogP contribution in [0, 0.1) is 13.8 Å². The molecule has 1 aliphatic rings. The summed E-state index contributed by atoms with van der Waals surface area (Å²) < 4.78 is 9.38. The number of pyridine rings is 1. The van der Waals surface area contributed by atoms with E-state index < -0.39 is 0 Å². The summed E-state index contributed by atoms with van der Waals surface area (Å²) in [5.41, 5.74) is 3.40. The second-order valence-corrected chi connectivity index (χ2v) is 7.88. The standard InChI is InChI=1S/C22H24N6O2/c1-14-5-8-27(13-14)19-4-3-16(12-23-19)11-18-24-21-20(22(29)25-18)15(2)26-28(21)17-6-9-30-10-7-17/h3-5,8,12-13,17H,6-7,9-11H2,1-2H3,(H,24,25,29). The maximum absolute atomic E-state index is 12.8. The van der Waals surface area contributed by atoms with Gasteiger partial charge in [0.25, 0.3) is 5.56 Å². The summed E-state index contributed by atoms with van der Waals surface area (Å²) >= 11 is 0. The average molecular weight is 404 g/mol. The molecule has 5 heterocycles. The number of H-pyrrole nitrogens is 1. The van der Waals surface area contributed by atoms with Crippen LogP contribution in [0.3, 0.4) is 0 Å². The summed E-state index contributed by atoms with van der Waals surface area (Å²) in [6, 6.07) is 6.25. The Morgan fingerprint density at radius 2 is 2.03 bits per heavy atom. The summed E-state index contributed by atoms with van der Waals surface area (Å²) in [5.74, 6) is 1.48. The van der Waals surface area contributed by atoms with Crippen LogP contribution in [0.2, 0.25) is 0 Å². The van der Waals surface area contributed by atoms with Gasteiger partial charge in [-0.15, -0.1) is 0 Å². The van der Waals surface area contributed by atoms with E-state index in [1.165, 1.54) is 5.56 Å². The minimum absolute atomic E-state index is 0.141. The van der Waals surface area contributed by atoms with Gasteiger partial charge in [-0.1, -0.05) is 6.07 Å². The first-order valence-corrected chi connectivity index (χ1v) is 10.2. The zero-order valence-corrected chi connectivity index (χ0v) is 17.1. The molecule has 1 fully saturated rings. The lowest BCUT2D eigenvalue weighted by Crippen LogP contribution is -2.21. The van der Waals surface area contributed by atoms with Crippen molar-refractivity contribution in [2.45, 2.75) is 39.2 Å². The Labute approximate surface area is 173 Å². The third-order valence-electron chi connectivity index (χ3n) is 5.61. The van der Waals surface area contributed by atoms with Crippen LogP contribution < -0.4 is 5.56 Å². The Hall–Kier alpha value is -3.26. The first kappa shape index (κ1) is 18.7. The molecular weight excluding hydrogens is 380 g/mol. The molecule has 0 spiro atoms. The van der Waals surface area contributed by atoms with Gasteiger partial charge in [0, 0.05) is 38.2 Å². The Morgan fingerprint density at radius 1 is 1.20 bits per heavy atom. The van der Waals surface area contributed by atoms with Crippen LogP contribution in [-0.2, 0) is 11.2 Å². The normalized spacial score (nSPS) is 15.1. The molecule has 0 atom stereocenters. The molecule has 8 heteroatoms. The van der Waals surface area contributed by atoms with Crippen molar-refractivity contribution in [1.82, 2.24) is 29.3 Å². The summed E-state index contributed by atoms with van der Waals surface area (Å²) in [4.78, 5) is 25.0. The van der Waals surface area contributed by atoms with E-state index in [1.807, 2.05) is 53.0 Å². The number of nitrogens with zero attached hydrogens (tertiary/aromatic N) is 5. The molecule has 1 saturated heterocycles. The highest BCUT2D eigenvalue weighted by molar-refractivity contribution is 5.77. The van der Waals surface area contributed by atoms with E-state index in [1.54, 1.807) is 0 Å². The summed E-state index contributed by atoms with van der Waals surface area (Å²) in [5, 5.41) is 5.20. The lowest BCUT2D eigenvalue weighted by atomic mass is 10.1. The van der Waals surface area contributed by atoms with Crippen LogP contribution in [0.1, 0.15) is 41.5 Å². The van der Waals surface area contributed by atoms with Crippen LogP contribution in [0.5, 0.6) is 0 Å². The minimum atomic E-state index is -0.141. The Morgan fingerprint density at radius 3 is 2.73 bits per heavy atom. The van der Waals surface area contributed by atoms with Gasteiger partial charge in [0.1, 0.15) is 17.0 Å². The number of aryl methyl sites for hydroxylation is 2. The minimum Gasteiger partial charge on any atom is -0.381 e. The maximum atomic E-state index is 12.8. The van der Waals surface area contributed by atoms with Crippen LogP contribution in [0.25, 0.3) is 16.9 Å². The molecule has 0 aliphatic carbocycles. The van der Waals surface area contributed by atoms with Gasteiger partial charge >= 0.3 is 0 Å². The zero-order chi connectivity index (χ0) is 20.7. The van der Waals surface area contributed by atoms with Crippen LogP contribution in [0.4, 0.5) is 0 Å². The van der Waals surface area contributed by atoms with E-state index >= 15 is 0 Å². The molecule has 1 N–H and O–H groups in total. The van der Waals surface area contributed by atoms with E-state index in [-0.39, 0.29) is 11.6 Å². The lowest BCUT2D eigenvalue weighted by molar-refractivity contribution is 0.0672. The van der Waals surface area contributed by atoms with Crippen molar-refractivity contribution in [3.8, 4) is 5.82 Å². The van der Waals surface area contributed by atoms with E-state index in [0.29, 0.717) is 42.2 Å². The number of hydrogen-bond acceptors (Lipinski definition) is 5.